The highest BCUT2D eigenvalue weighted by Gasteiger charge is 2.18. The van der Waals surface area contributed by atoms with Crippen molar-refractivity contribution in [1.82, 2.24) is 9.97 Å². The van der Waals surface area contributed by atoms with Crippen molar-refractivity contribution in [3.63, 3.8) is 0 Å². The summed E-state index contributed by atoms with van der Waals surface area (Å²) in [5.74, 6) is -1.18. The molecule has 0 saturated heterocycles. The van der Waals surface area contributed by atoms with Crippen molar-refractivity contribution in [2.45, 2.75) is 19.4 Å². The molecule has 4 aromatic rings. The molecule has 0 bridgehead atoms. The number of carboxylic acids is 1. The molecule has 0 aliphatic rings. The third kappa shape index (κ3) is 5.32. The highest BCUT2D eigenvalue weighted by atomic mass is 19.1. The normalized spacial score (nSPS) is 12.0. The SMILES string of the molecule is Cc1ncc(C(COCc2ccc(C(=O)O)c(-c3ccc(F)cc3)c2)c2ccc(F)cc2)[nH]1. The Balaban J connectivity index is 1.54. The Bertz CT molecular complexity index is 1250. The quantitative estimate of drug-likeness (QED) is 0.362. The fourth-order valence-corrected chi connectivity index (χ4v) is 3.71. The molecule has 3 aromatic carbocycles. The lowest BCUT2D eigenvalue weighted by Gasteiger charge is -2.17. The zero-order valence-corrected chi connectivity index (χ0v) is 17.9. The van der Waals surface area contributed by atoms with Gasteiger partial charge in [-0.25, -0.2) is 18.6 Å². The van der Waals surface area contributed by atoms with Crippen LogP contribution in [0.3, 0.4) is 0 Å². The predicted octanol–water partition coefficient (Wildman–Crippen LogP) is 5.71. The second-order valence-electron chi connectivity index (χ2n) is 7.74. The lowest BCUT2D eigenvalue weighted by Crippen LogP contribution is -2.11. The molecular weight excluding hydrogens is 426 g/mol. The average Bonchev–Trinajstić information content (AvgIpc) is 3.23. The van der Waals surface area contributed by atoms with Gasteiger partial charge in [-0.2, -0.15) is 0 Å². The zero-order chi connectivity index (χ0) is 23.4. The summed E-state index contributed by atoms with van der Waals surface area (Å²) in [6.07, 6.45) is 1.74. The molecule has 0 spiro atoms. The summed E-state index contributed by atoms with van der Waals surface area (Å²) in [7, 11) is 0. The van der Waals surface area contributed by atoms with Gasteiger partial charge in [0.05, 0.1) is 18.8 Å². The summed E-state index contributed by atoms with van der Waals surface area (Å²) in [5, 5.41) is 9.55. The number of aromatic nitrogens is 2. The number of aryl methyl sites for hydroxylation is 1. The van der Waals surface area contributed by atoms with Crippen LogP contribution in [0.1, 0.15) is 38.9 Å². The number of carboxylic acid groups (broad SMARTS) is 1. The fourth-order valence-electron chi connectivity index (χ4n) is 3.71. The van der Waals surface area contributed by atoms with Gasteiger partial charge in [0.25, 0.3) is 0 Å². The van der Waals surface area contributed by atoms with Gasteiger partial charge < -0.3 is 14.8 Å². The Morgan fingerprint density at radius 3 is 2.30 bits per heavy atom. The number of rotatable bonds is 8. The minimum absolute atomic E-state index is 0.127. The molecule has 1 aromatic heterocycles. The summed E-state index contributed by atoms with van der Waals surface area (Å²) in [5.41, 5.74) is 3.73. The Morgan fingerprint density at radius 2 is 1.70 bits per heavy atom. The minimum atomic E-state index is -1.06. The maximum absolute atomic E-state index is 13.4. The summed E-state index contributed by atoms with van der Waals surface area (Å²) in [6, 6.07) is 16.9. The fraction of sp³-hybridized carbons (Fsp3) is 0.154. The van der Waals surface area contributed by atoms with E-state index in [4.69, 9.17) is 4.74 Å². The Hall–Kier alpha value is -3.84. The van der Waals surface area contributed by atoms with E-state index in [9.17, 15) is 18.7 Å². The number of hydrogen-bond donors (Lipinski definition) is 2. The largest absolute Gasteiger partial charge is 0.478 e. The van der Waals surface area contributed by atoms with Gasteiger partial charge in [0.2, 0.25) is 0 Å². The van der Waals surface area contributed by atoms with Crippen molar-refractivity contribution in [3.8, 4) is 11.1 Å². The number of nitrogens with zero attached hydrogens (tertiary/aromatic N) is 1. The zero-order valence-electron chi connectivity index (χ0n) is 17.9. The van der Waals surface area contributed by atoms with E-state index in [1.54, 1.807) is 42.6 Å². The van der Waals surface area contributed by atoms with Crippen LogP contribution in [0.2, 0.25) is 0 Å². The first-order chi connectivity index (χ1) is 15.9. The minimum Gasteiger partial charge on any atom is -0.478 e. The van der Waals surface area contributed by atoms with Crippen molar-refractivity contribution in [1.29, 1.82) is 0 Å². The van der Waals surface area contributed by atoms with Gasteiger partial charge in [-0.1, -0.05) is 30.3 Å². The molecule has 0 aliphatic heterocycles. The van der Waals surface area contributed by atoms with Crippen LogP contribution >= 0.6 is 0 Å². The van der Waals surface area contributed by atoms with E-state index in [0.29, 0.717) is 17.7 Å². The van der Waals surface area contributed by atoms with Crippen LogP contribution < -0.4 is 0 Å². The number of aromatic carboxylic acids is 1. The van der Waals surface area contributed by atoms with Gasteiger partial charge in [-0.05, 0) is 65.6 Å². The molecule has 168 valence electrons. The Kier molecular flexibility index (Phi) is 6.60. The maximum atomic E-state index is 13.4. The molecular formula is C26H22F2N2O3. The van der Waals surface area contributed by atoms with E-state index in [0.717, 1.165) is 22.6 Å². The highest BCUT2D eigenvalue weighted by Crippen LogP contribution is 2.28. The molecule has 0 saturated carbocycles. The first kappa shape index (κ1) is 22.4. The van der Waals surface area contributed by atoms with E-state index in [2.05, 4.69) is 9.97 Å². The predicted molar refractivity (Wildman–Crippen MR) is 120 cm³/mol. The molecule has 0 radical (unpaired) electrons. The summed E-state index contributed by atoms with van der Waals surface area (Å²) in [4.78, 5) is 19.1. The van der Waals surface area contributed by atoms with Crippen molar-refractivity contribution in [2.75, 3.05) is 6.61 Å². The molecule has 0 fully saturated rings. The first-order valence-electron chi connectivity index (χ1n) is 10.4. The molecule has 0 aliphatic carbocycles. The number of imidazole rings is 1. The third-order valence-electron chi connectivity index (χ3n) is 5.39. The maximum Gasteiger partial charge on any atom is 0.336 e. The second kappa shape index (κ2) is 9.75. The van der Waals surface area contributed by atoms with E-state index < -0.39 is 11.8 Å². The molecule has 5 nitrogen and oxygen atoms in total. The highest BCUT2D eigenvalue weighted by molar-refractivity contribution is 5.96. The van der Waals surface area contributed by atoms with Gasteiger partial charge in [0.15, 0.2) is 0 Å². The molecule has 33 heavy (non-hydrogen) atoms. The number of H-pyrrole nitrogens is 1. The molecule has 1 heterocycles. The van der Waals surface area contributed by atoms with Crippen molar-refractivity contribution < 1.29 is 23.4 Å². The lowest BCUT2D eigenvalue weighted by atomic mass is 9.96. The van der Waals surface area contributed by atoms with Crippen LogP contribution in [0.25, 0.3) is 11.1 Å². The number of halogens is 2. The van der Waals surface area contributed by atoms with Gasteiger partial charge in [-0.15, -0.1) is 0 Å². The van der Waals surface area contributed by atoms with Crippen LogP contribution in [0.15, 0.2) is 72.9 Å². The van der Waals surface area contributed by atoms with Gasteiger partial charge in [0.1, 0.15) is 17.5 Å². The van der Waals surface area contributed by atoms with E-state index >= 15 is 0 Å². The standard InChI is InChI=1S/C26H22F2N2O3/c1-16-29-13-25(30-16)24(19-5-9-21(28)10-6-19)15-33-14-17-2-11-22(26(31)32)23(12-17)18-3-7-20(27)8-4-18/h2-13,24H,14-15H2,1H3,(H,29,30)(H,31,32). The van der Waals surface area contributed by atoms with Crippen molar-refractivity contribution in [3.05, 3.63) is 113 Å². The van der Waals surface area contributed by atoms with Crippen LogP contribution in [0.4, 0.5) is 8.78 Å². The Labute approximate surface area is 189 Å². The van der Waals surface area contributed by atoms with Gasteiger partial charge >= 0.3 is 5.97 Å². The van der Waals surface area contributed by atoms with Crippen molar-refractivity contribution in [2.24, 2.45) is 0 Å². The van der Waals surface area contributed by atoms with Crippen LogP contribution in [-0.4, -0.2) is 27.7 Å². The Morgan fingerprint density at radius 1 is 1.03 bits per heavy atom. The summed E-state index contributed by atoms with van der Waals surface area (Å²) >= 11 is 0. The summed E-state index contributed by atoms with van der Waals surface area (Å²) in [6.45, 7) is 2.39. The van der Waals surface area contributed by atoms with Gasteiger partial charge in [0, 0.05) is 17.8 Å². The van der Waals surface area contributed by atoms with E-state index in [1.165, 1.54) is 30.3 Å². The number of aromatic amines is 1. The monoisotopic (exact) mass is 448 g/mol. The molecule has 4 rings (SSSR count). The molecule has 7 heteroatoms. The average molecular weight is 448 g/mol. The lowest BCUT2D eigenvalue weighted by molar-refractivity contribution is 0.0697. The number of carbonyl (C=O) groups is 1. The molecule has 1 atom stereocenters. The third-order valence-corrected chi connectivity index (χ3v) is 5.39. The van der Waals surface area contributed by atoms with Gasteiger partial charge in [-0.3, -0.25) is 0 Å². The van der Waals surface area contributed by atoms with Crippen molar-refractivity contribution >= 4 is 5.97 Å². The van der Waals surface area contributed by atoms with Crippen LogP contribution in [-0.2, 0) is 11.3 Å². The number of ether oxygens (including phenoxy) is 1. The van der Waals surface area contributed by atoms with E-state index in [-0.39, 0.29) is 23.9 Å². The smallest absolute Gasteiger partial charge is 0.336 e. The number of benzene rings is 3. The first-order valence-corrected chi connectivity index (χ1v) is 10.4. The molecule has 2 N–H and O–H groups in total. The van der Waals surface area contributed by atoms with E-state index in [1.807, 2.05) is 6.92 Å². The molecule has 0 amide bonds. The van der Waals surface area contributed by atoms with Crippen LogP contribution in [0.5, 0.6) is 0 Å². The topological polar surface area (TPSA) is 75.2 Å². The summed E-state index contributed by atoms with van der Waals surface area (Å²) < 4.78 is 32.7. The molecule has 1 unspecified atom stereocenters. The second-order valence-corrected chi connectivity index (χ2v) is 7.74. The number of hydrogen-bond acceptors (Lipinski definition) is 3. The van der Waals surface area contributed by atoms with Crippen LogP contribution in [0, 0.1) is 18.6 Å². The number of nitrogens with one attached hydrogen (secondary N) is 1.